The molecule has 0 spiro atoms. The van der Waals surface area contributed by atoms with Gasteiger partial charge >= 0.3 is 0 Å². The van der Waals surface area contributed by atoms with Crippen molar-refractivity contribution >= 4 is 11.4 Å². The summed E-state index contributed by atoms with van der Waals surface area (Å²) in [6, 6.07) is 15.9. The number of aliphatic hydroxyl groups excluding tert-OH is 2. The molecule has 120 valence electrons. The molecule has 2 aromatic carbocycles. The molecule has 1 aliphatic heterocycles. The summed E-state index contributed by atoms with van der Waals surface area (Å²) in [7, 11) is 0. The molecule has 1 saturated carbocycles. The molecule has 23 heavy (non-hydrogen) atoms. The number of aliphatic hydroxyl groups is 2. The van der Waals surface area contributed by atoms with Crippen LogP contribution in [0.2, 0.25) is 0 Å². The van der Waals surface area contributed by atoms with Crippen molar-refractivity contribution in [2.24, 2.45) is 0 Å². The van der Waals surface area contributed by atoms with Gasteiger partial charge in [0.05, 0.1) is 17.8 Å². The summed E-state index contributed by atoms with van der Waals surface area (Å²) >= 11 is 0. The van der Waals surface area contributed by atoms with Crippen LogP contribution in [0.4, 0.5) is 11.4 Å². The molecular formula is C19H21NO3. The van der Waals surface area contributed by atoms with Crippen LogP contribution < -0.4 is 9.64 Å². The standard InChI is InChI=1S/C19H21NO3/c21-17-10-5-9-16(19(17)22)20-14-7-2-1-6-13(14)12-23-18-11-4-3-8-15(18)20/h1-4,6-8,11,16-17,19,21-22H,5,9-10,12H2/t16-,17-,19+/m0/s1. The van der Waals surface area contributed by atoms with Gasteiger partial charge in [-0.2, -0.15) is 0 Å². The SMILES string of the molecule is O[C@H]1[C@@H](O)CCC[C@@H]1N1c2ccccc2COc2ccccc21. The van der Waals surface area contributed by atoms with Crippen molar-refractivity contribution in [1.82, 2.24) is 0 Å². The second-order valence-electron chi connectivity index (χ2n) is 6.31. The third kappa shape index (κ3) is 2.48. The molecule has 0 saturated heterocycles. The van der Waals surface area contributed by atoms with Gasteiger partial charge in [-0.15, -0.1) is 0 Å². The Labute approximate surface area is 135 Å². The van der Waals surface area contributed by atoms with E-state index in [4.69, 9.17) is 4.74 Å². The monoisotopic (exact) mass is 311 g/mol. The van der Waals surface area contributed by atoms with Crippen molar-refractivity contribution in [1.29, 1.82) is 0 Å². The van der Waals surface area contributed by atoms with Crippen LogP contribution in [0.3, 0.4) is 0 Å². The topological polar surface area (TPSA) is 52.9 Å². The average Bonchev–Trinajstić information content (AvgIpc) is 2.75. The Kier molecular flexibility index (Phi) is 3.71. The molecule has 2 aromatic rings. The van der Waals surface area contributed by atoms with Crippen molar-refractivity contribution in [3.63, 3.8) is 0 Å². The number of hydrogen-bond acceptors (Lipinski definition) is 4. The Balaban J connectivity index is 1.86. The number of ether oxygens (including phenoxy) is 1. The number of hydrogen-bond donors (Lipinski definition) is 2. The molecule has 0 radical (unpaired) electrons. The molecule has 0 aromatic heterocycles. The van der Waals surface area contributed by atoms with E-state index in [1.54, 1.807) is 0 Å². The van der Waals surface area contributed by atoms with Gasteiger partial charge in [-0.3, -0.25) is 0 Å². The minimum absolute atomic E-state index is 0.150. The fraction of sp³-hybridized carbons (Fsp3) is 0.368. The molecule has 1 fully saturated rings. The number of fused-ring (bicyclic) bond motifs is 2. The van der Waals surface area contributed by atoms with E-state index in [-0.39, 0.29) is 6.04 Å². The summed E-state index contributed by atoms with van der Waals surface area (Å²) in [6.07, 6.45) is 0.983. The fourth-order valence-corrected chi connectivity index (χ4v) is 3.70. The summed E-state index contributed by atoms with van der Waals surface area (Å²) < 4.78 is 5.97. The van der Waals surface area contributed by atoms with Crippen LogP contribution in [0, 0.1) is 0 Å². The van der Waals surface area contributed by atoms with Gasteiger partial charge in [-0.1, -0.05) is 30.3 Å². The molecule has 4 rings (SSSR count). The first kappa shape index (κ1) is 14.5. The maximum absolute atomic E-state index is 10.6. The first-order chi connectivity index (χ1) is 11.3. The van der Waals surface area contributed by atoms with E-state index in [1.165, 1.54) is 0 Å². The van der Waals surface area contributed by atoms with E-state index >= 15 is 0 Å². The van der Waals surface area contributed by atoms with Gasteiger partial charge in [0.1, 0.15) is 18.5 Å². The number of benzene rings is 2. The maximum atomic E-state index is 10.6. The normalized spacial score (nSPS) is 26.7. The lowest BCUT2D eigenvalue weighted by Gasteiger charge is -2.41. The van der Waals surface area contributed by atoms with Gasteiger partial charge in [-0.25, -0.2) is 0 Å². The van der Waals surface area contributed by atoms with Gasteiger partial charge in [0, 0.05) is 11.3 Å². The van der Waals surface area contributed by atoms with E-state index in [9.17, 15) is 10.2 Å². The number of anilines is 2. The summed E-state index contributed by atoms with van der Waals surface area (Å²) in [4.78, 5) is 2.16. The number of rotatable bonds is 1. The third-order valence-electron chi connectivity index (χ3n) is 4.88. The first-order valence-corrected chi connectivity index (χ1v) is 8.21. The molecule has 1 aliphatic carbocycles. The second-order valence-corrected chi connectivity index (χ2v) is 6.31. The Morgan fingerprint density at radius 2 is 1.65 bits per heavy atom. The minimum Gasteiger partial charge on any atom is -0.487 e. The molecular weight excluding hydrogens is 290 g/mol. The summed E-state index contributed by atoms with van der Waals surface area (Å²) in [5, 5.41) is 20.7. The Bertz CT molecular complexity index is 655. The highest BCUT2D eigenvalue weighted by Crippen LogP contribution is 2.43. The molecule has 0 amide bonds. The molecule has 2 N–H and O–H groups in total. The Morgan fingerprint density at radius 1 is 0.913 bits per heavy atom. The zero-order valence-corrected chi connectivity index (χ0v) is 12.9. The zero-order chi connectivity index (χ0) is 15.8. The van der Waals surface area contributed by atoms with Crippen molar-refractivity contribution in [2.45, 2.75) is 44.1 Å². The highest BCUT2D eigenvalue weighted by Gasteiger charge is 2.37. The molecule has 2 aliphatic rings. The largest absolute Gasteiger partial charge is 0.487 e. The number of para-hydroxylation sites is 3. The van der Waals surface area contributed by atoms with Gasteiger partial charge in [0.25, 0.3) is 0 Å². The van der Waals surface area contributed by atoms with Crippen LogP contribution in [0.5, 0.6) is 5.75 Å². The highest BCUT2D eigenvalue weighted by molar-refractivity contribution is 5.73. The maximum Gasteiger partial charge on any atom is 0.143 e. The highest BCUT2D eigenvalue weighted by atomic mass is 16.5. The van der Waals surface area contributed by atoms with Gasteiger partial charge in [-0.05, 0) is 37.5 Å². The first-order valence-electron chi connectivity index (χ1n) is 8.21. The van der Waals surface area contributed by atoms with E-state index < -0.39 is 12.2 Å². The van der Waals surface area contributed by atoms with Crippen LogP contribution in [0.25, 0.3) is 0 Å². The smallest absolute Gasteiger partial charge is 0.143 e. The minimum atomic E-state index is -0.761. The zero-order valence-electron chi connectivity index (χ0n) is 12.9. The summed E-state index contributed by atoms with van der Waals surface area (Å²) in [5.41, 5.74) is 3.10. The van der Waals surface area contributed by atoms with Gasteiger partial charge in [0.15, 0.2) is 0 Å². The van der Waals surface area contributed by atoms with Crippen LogP contribution in [0.1, 0.15) is 24.8 Å². The van der Waals surface area contributed by atoms with Gasteiger partial charge < -0.3 is 19.8 Å². The van der Waals surface area contributed by atoms with Gasteiger partial charge in [0.2, 0.25) is 0 Å². The van der Waals surface area contributed by atoms with Crippen molar-refractivity contribution < 1.29 is 14.9 Å². The molecule has 4 nitrogen and oxygen atoms in total. The molecule has 0 unspecified atom stereocenters. The Morgan fingerprint density at radius 3 is 2.52 bits per heavy atom. The molecule has 0 bridgehead atoms. The molecule has 4 heteroatoms. The van der Waals surface area contributed by atoms with E-state index in [0.717, 1.165) is 35.5 Å². The Hall–Kier alpha value is -2.04. The van der Waals surface area contributed by atoms with Crippen molar-refractivity contribution in [3.8, 4) is 5.75 Å². The summed E-state index contributed by atoms with van der Waals surface area (Å²) in [6.45, 7) is 0.509. The van der Waals surface area contributed by atoms with Crippen LogP contribution in [0.15, 0.2) is 48.5 Å². The predicted molar refractivity (Wildman–Crippen MR) is 89.0 cm³/mol. The van der Waals surface area contributed by atoms with Crippen molar-refractivity contribution in [2.75, 3.05) is 4.90 Å². The third-order valence-corrected chi connectivity index (χ3v) is 4.88. The van der Waals surface area contributed by atoms with Crippen LogP contribution in [-0.4, -0.2) is 28.5 Å². The lowest BCUT2D eigenvalue weighted by atomic mass is 9.88. The van der Waals surface area contributed by atoms with E-state index in [2.05, 4.69) is 17.0 Å². The van der Waals surface area contributed by atoms with E-state index in [0.29, 0.717) is 13.0 Å². The second kappa shape index (κ2) is 5.87. The van der Waals surface area contributed by atoms with Crippen LogP contribution in [-0.2, 0) is 6.61 Å². The predicted octanol–water partition coefficient (Wildman–Crippen LogP) is 2.99. The number of nitrogens with zero attached hydrogens (tertiary/aromatic N) is 1. The lowest BCUT2D eigenvalue weighted by Crippen LogP contribution is -2.49. The summed E-state index contributed by atoms with van der Waals surface area (Å²) in [5.74, 6) is 0.816. The van der Waals surface area contributed by atoms with Crippen LogP contribution >= 0.6 is 0 Å². The molecule has 1 heterocycles. The fourth-order valence-electron chi connectivity index (χ4n) is 3.70. The van der Waals surface area contributed by atoms with E-state index in [1.807, 2.05) is 36.4 Å². The molecule has 3 atom stereocenters. The quantitative estimate of drug-likeness (QED) is 0.850. The lowest BCUT2D eigenvalue weighted by molar-refractivity contribution is -0.0204. The van der Waals surface area contributed by atoms with Crippen molar-refractivity contribution in [3.05, 3.63) is 54.1 Å². The average molecular weight is 311 g/mol.